The van der Waals surface area contributed by atoms with E-state index in [-0.39, 0.29) is 24.9 Å². The molecular formula is C22H28ClFN8O3S. The molecule has 2 bridgehead atoms. The first-order valence-electron chi connectivity index (χ1n) is 11.8. The molecule has 3 aliphatic rings. The van der Waals surface area contributed by atoms with E-state index >= 15 is 0 Å². The number of piperidine rings is 2. The largest absolute Gasteiger partial charge is 0.414 e. The minimum Gasteiger partial charge on any atom is -0.391 e. The monoisotopic (exact) mass is 538 g/mol. The van der Waals surface area contributed by atoms with Gasteiger partial charge in [-0.1, -0.05) is 22.9 Å². The van der Waals surface area contributed by atoms with E-state index in [9.17, 15) is 14.0 Å². The van der Waals surface area contributed by atoms with Gasteiger partial charge in [-0.25, -0.2) is 23.9 Å². The van der Waals surface area contributed by atoms with Gasteiger partial charge in [0.25, 0.3) is 0 Å². The van der Waals surface area contributed by atoms with E-state index in [1.807, 2.05) is 0 Å². The number of likely N-dealkylation sites (N-methyl/N-ethyl adjacent to an activating group) is 1. The number of fused-ring (bicyclic) bond motifs is 2. The van der Waals surface area contributed by atoms with Crippen LogP contribution in [0.5, 0.6) is 5.88 Å². The molecule has 3 amide bonds. The zero-order chi connectivity index (χ0) is 25.4. The Morgan fingerprint density at radius 3 is 2.83 bits per heavy atom. The minimum atomic E-state index is -1.22. The Balaban J connectivity index is 1.19. The van der Waals surface area contributed by atoms with E-state index in [4.69, 9.17) is 16.3 Å². The third-order valence-corrected chi connectivity index (χ3v) is 8.26. The molecule has 1 aliphatic carbocycles. The number of thiazole rings is 1. The van der Waals surface area contributed by atoms with Crippen molar-refractivity contribution in [3.63, 3.8) is 0 Å². The molecule has 2 aliphatic heterocycles. The maximum Gasteiger partial charge on any atom is 0.414 e. The van der Waals surface area contributed by atoms with Gasteiger partial charge in [-0.3, -0.25) is 5.32 Å². The number of hydrogen-bond donors (Lipinski definition) is 2. The number of alkyl halides is 1. The summed E-state index contributed by atoms with van der Waals surface area (Å²) in [4.78, 5) is 43.2. The summed E-state index contributed by atoms with van der Waals surface area (Å²) in [6, 6.07) is 0.900. The third kappa shape index (κ3) is 5.32. The van der Waals surface area contributed by atoms with E-state index in [1.165, 1.54) is 30.4 Å². The fourth-order valence-electron chi connectivity index (χ4n) is 5.26. The van der Waals surface area contributed by atoms with E-state index in [0.717, 1.165) is 30.7 Å². The highest BCUT2D eigenvalue weighted by Crippen LogP contribution is 2.36. The number of nitrogens with one attached hydrogen (secondary N) is 2. The summed E-state index contributed by atoms with van der Waals surface area (Å²) in [5.74, 6) is 0.858. The summed E-state index contributed by atoms with van der Waals surface area (Å²) in [6.07, 6.45) is 3.37. The van der Waals surface area contributed by atoms with E-state index in [2.05, 4.69) is 37.5 Å². The number of amides is 3. The number of nitrogens with zero attached hydrogens (tertiary/aromatic N) is 6. The van der Waals surface area contributed by atoms with Crippen LogP contribution in [0.1, 0.15) is 19.3 Å². The van der Waals surface area contributed by atoms with Crippen molar-refractivity contribution < 1.29 is 18.7 Å². The average Bonchev–Trinajstić information content (AvgIpc) is 3.54. The van der Waals surface area contributed by atoms with Gasteiger partial charge >= 0.3 is 12.1 Å². The highest BCUT2D eigenvalue weighted by Gasteiger charge is 2.43. The number of carbonyl (C=O) groups excluding carboxylic acids is 2. The highest BCUT2D eigenvalue weighted by molar-refractivity contribution is 7.19. The van der Waals surface area contributed by atoms with Crippen LogP contribution in [0, 0.1) is 5.92 Å². The molecule has 0 aromatic carbocycles. The first kappa shape index (κ1) is 24.9. The second-order valence-corrected chi connectivity index (χ2v) is 11.2. The number of likely N-dealkylation sites (tertiary alicyclic amines) is 1. The second kappa shape index (κ2) is 10.3. The Kier molecular flexibility index (Phi) is 7.13. The minimum absolute atomic E-state index is 0.103. The van der Waals surface area contributed by atoms with Crippen LogP contribution in [0.2, 0.25) is 4.34 Å². The predicted molar refractivity (Wildman–Crippen MR) is 134 cm³/mol. The molecule has 4 heterocycles. The van der Waals surface area contributed by atoms with Gasteiger partial charge in [-0.2, -0.15) is 4.98 Å². The fourth-order valence-corrected chi connectivity index (χ4v) is 6.06. The summed E-state index contributed by atoms with van der Waals surface area (Å²) in [7, 11) is 3.64. The molecule has 2 saturated heterocycles. The van der Waals surface area contributed by atoms with Gasteiger partial charge in [0, 0.05) is 51.0 Å². The molecule has 5 atom stereocenters. The molecule has 11 nitrogen and oxygen atoms in total. The number of aromatic nitrogens is 3. The van der Waals surface area contributed by atoms with Gasteiger partial charge in [-0.05, 0) is 32.2 Å². The summed E-state index contributed by atoms with van der Waals surface area (Å²) in [5.41, 5.74) is 0. The maximum atomic E-state index is 14.8. The normalized spacial score (nSPS) is 27.7. The summed E-state index contributed by atoms with van der Waals surface area (Å²) in [6.45, 7) is 1.52. The number of ether oxygens (including phenoxy) is 1. The zero-order valence-electron chi connectivity index (χ0n) is 19.9. The summed E-state index contributed by atoms with van der Waals surface area (Å²) in [5, 5.41) is 5.94. The lowest BCUT2D eigenvalue weighted by atomic mass is 10.0. The van der Waals surface area contributed by atoms with Crippen LogP contribution in [0.15, 0.2) is 18.5 Å². The van der Waals surface area contributed by atoms with Gasteiger partial charge < -0.3 is 24.8 Å². The van der Waals surface area contributed by atoms with Crippen LogP contribution < -0.4 is 20.3 Å². The van der Waals surface area contributed by atoms with Gasteiger partial charge in [0.05, 0.1) is 12.2 Å². The quantitative estimate of drug-likeness (QED) is 0.597. The van der Waals surface area contributed by atoms with E-state index in [0.29, 0.717) is 33.9 Å². The second-order valence-electron chi connectivity index (χ2n) is 9.49. The zero-order valence-corrected chi connectivity index (χ0v) is 21.5. The highest BCUT2D eigenvalue weighted by atomic mass is 35.5. The molecule has 0 radical (unpaired) electrons. The van der Waals surface area contributed by atoms with Crippen molar-refractivity contribution in [3.8, 4) is 5.88 Å². The number of hydrogen-bond acceptors (Lipinski definition) is 9. The number of halogens is 2. The van der Waals surface area contributed by atoms with Crippen LogP contribution in [0.25, 0.3) is 0 Å². The summed E-state index contributed by atoms with van der Waals surface area (Å²) < 4.78 is 20.7. The Morgan fingerprint density at radius 2 is 2.14 bits per heavy atom. The Bertz CT molecular complexity index is 1120. The number of carbonyl (C=O) groups is 2. The predicted octanol–water partition coefficient (Wildman–Crippen LogP) is 2.85. The van der Waals surface area contributed by atoms with Crippen molar-refractivity contribution in [1.82, 2.24) is 30.1 Å². The van der Waals surface area contributed by atoms with Crippen molar-refractivity contribution >= 4 is 46.1 Å². The third-order valence-electron chi connectivity index (χ3n) is 7.23. The molecule has 2 N–H and O–H groups in total. The van der Waals surface area contributed by atoms with E-state index in [1.54, 1.807) is 4.90 Å². The molecule has 2 aromatic heterocycles. The number of rotatable bonds is 5. The molecule has 5 rings (SSSR count). The lowest BCUT2D eigenvalue weighted by Crippen LogP contribution is -2.55. The number of anilines is 2. The van der Waals surface area contributed by atoms with Crippen molar-refractivity contribution in [2.75, 3.05) is 43.9 Å². The molecule has 3 fully saturated rings. The maximum absolute atomic E-state index is 14.8. The van der Waals surface area contributed by atoms with Gasteiger partial charge in [0.2, 0.25) is 11.8 Å². The Labute approximate surface area is 217 Å². The van der Waals surface area contributed by atoms with Gasteiger partial charge in [0.15, 0.2) is 5.13 Å². The molecule has 1 saturated carbocycles. The topological polar surface area (TPSA) is 116 Å². The van der Waals surface area contributed by atoms with Gasteiger partial charge in [0.1, 0.15) is 10.5 Å². The molecule has 14 heteroatoms. The Hall–Kier alpha value is -2.77. The standard InChI is InChI=1S/C22H28ClFN8O3S/c1-30-10-12-7-13(30)8-15(12)27-22(34)35-18-3-5-25-19(28-18)32-6-4-14(24)16(11-32)31(2)21(33)29-20-26-9-17(23)36-20/h3,5,9,12-16H,4,6-8,10-11H2,1-2H3,(H,27,34)(H,26,29,33)/t12-,13-,14+,15+,16-/m0/s1. The first-order valence-corrected chi connectivity index (χ1v) is 13.0. The Morgan fingerprint density at radius 1 is 1.31 bits per heavy atom. The molecule has 2 aromatic rings. The average molecular weight is 539 g/mol. The van der Waals surface area contributed by atoms with Crippen LogP contribution in [0.4, 0.5) is 25.1 Å². The van der Waals surface area contributed by atoms with Crippen molar-refractivity contribution in [2.24, 2.45) is 5.92 Å². The van der Waals surface area contributed by atoms with E-state index < -0.39 is 24.3 Å². The molecular weight excluding hydrogens is 511 g/mol. The molecule has 0 spiro atoms. The van der Waals surface area contributed by atoms with Crippen LogP contribution in [-0.2, 0) is 0 Å². The van der Waals surface area contributed by atoms with Crippen LogP contribution in [0.3, 0.4) is 0 Å². The van der Waals surface area contributed by atoms with Crippen molar-refractivity contribution in [3.05, 3.63) is 22.8 Å². The molecule has 194 valence electrons. The smallest absolute Gasteiger partial charge is 0.391 e. The van der Waals surface area contributed by atoms with Gasteiger partial charge in [-0.15, -0.1) is 0 Å². The first-order chi connectivity index (χ1) is 17.3. The SMILES string of the molecule is CN1C[C@@H]2C[C@H]1C[C@H]2NC(=O)Oc1ccnc(N2CC[C@@H](F)[C@@H](N(C)C(=O)Nc3ncc(Cl)s3)C2)n1. The molecule has 36 heavy (non-hydrogen) atoms. The fraction of sp³-hybridized carbons (Fsp3) is 0.591. The molecule has 0 unspecified atom stereocenters. The lowest BCUT2D eigenvalue weighted by Gasteiger charge is -2.39. The van der Waals surface area contributed by atoms with Crippen LogP contribution >= 0.6 is 22.9 Å². The van der Waals surface area contributed by atoms with Crippen molar-refractivity contribution in [2.45, 2.75) is 43.6 Å². The summed E-state index contributed by atoms with van der Waals surface area (Å²) >= 11 is 6.98. The lowest BCUT2D eigenvalue weighted by molar-refractivity contribution is 0.133. The number of urea groups is 1. The van der Waals surface area contributed by atoms with Crippen LogP contribution in [-0.4, -0.2) is 94.9 Å². The van der Waals surface area contributed by atoms with Crippen molar-refractivity contribution in [1.29, 1.82) is 0 Å².